The number of hydrogen-bond donors (Lipinski definition) is 2. The first-order chi connectivity index (χ1) is 12.1. The fourth-order valence-corrected chi connectivity index (χ4v) is 3.01. The van der Waals surface area contributed by atoms with Crippen LogP contribution in [0.1, 0.15) is 0 Å². The average molecular weight is 370 g/mol. The number of benzene rings is 1. The number of carbonyl (C=O) groups is 2. The first kappa shape index (κ1) is 19.4. The van der Waals surface area contributed by atoms with E-state index in [-0.39, 0.29) is 23.5 Å². The van der Waals surface area contributed by atoms with Gasteiger partial charge >= 0.3 is 0 Å². The zero-order chi connectivity index (χ0) is 18.1. The summed E-state index contributed by atoms with van der Waals surface area (Å²) in [5.74, 6) is -0.609. The van der Waals surface area contributed by atoms with Crippen LogP contribution < -0.4 is 15.4 Å². The van der Waals surface area contributed by atoms with Gasteiger partial charge in [-0.2, -0.15) is 0 Å². The van der Waals surface area contributed by atoms with E-state index in [1.807, 2.05) is 0 Å². The van der Waals surface area contributed by atoms with Crippen molar-refractivity contribution in [3.63, 3.8) is 0 Å². The fourth-order valence-electron chi connectivity index (χ4n) is 2.15. The van der Waals surface area contributed by atoms with Gasteiger partial charge in [0.25, 0.3) is 0 Å². The van der Waals surface area contributed by atoms with Gasteiger partial charge in [0.05, 0.1) is 33.0 Å². The normalized spacial score (nSPS) is 18.2. The molecule has 0 radical (unpaired) electrons. The summed E-state index contributed by atoms with van der Waals surface area (Å²) in [6.45, 7) is 1.78. The van der Waals surface area contributed by atoms with Crippen LogP contribution in [0, 0.1) is 0 Å². The molecule has 9 heteroatoms. The van der Waals surface area contributed by atoms with Crippen LogP contribution in [0.25, 0.3) is 0 Å². The number of methoxy groups -OCH3 is 1. The molecule has 25 heavy (non-hydrogen) atoms. The third kappa shape index (κ3) is 7.20. The van der Waals surface area contributed by atoms with Crippen LogP contribution in [0.5, 0.6) is 5.75 Å². The van der Waals surface area contributed by atoms with E-state index in [2.05, 4.69) is 10.6 Å². The monoisotopic (exact) mass is 370 g/mol. The molecule has 1 aromatic carbocycles. The molecule has 1 fully saturated rings. The van der Waals surface area contributed by atoms with Gasteiger partial charge in [-0.25, -0.2) is 0 Å². The van der Waals surface area contributed by atoms with E-state index in [0.717, 1.165) is 0 Å². The standard InChI is InChI=1S/C16H22N2O6S/c1-22-13-4-2-12(3-5-13)18-16(20)11-25(21)10-15(19)17-8-14-9-23-6-7-24-14/h2-5,14H,6-11H2,1H3,(H,17,19)(H,18,20). The fraction of sp³-hybridized carbons (Fsp3) is 0.500. The van der Waals surface area contributed by atoms with Gasteiger partial charge in [0, 0.05) is 23.0 Å². The van der Waals surface area contributed by atoms with Crippen molar-refractivity contribution in [1.29, 1.82) is 0 Å². The van der Waals surface area contributed by atoms with Crippen molar-refractivity contribution in [2.24, 2.45) is 0 Å². The highest BCUT2D eigenvalue weighted by atomic mass is 32.2. The van der Waals surface area contributed by atoms with Crippen molar-refractivity contribution in [3.05, 3.63) is 24.3 Å². The van der Waals surface area contributed by atoms with E-state index in [9.17, 15) is 13.8 Å². The summed E-state index contributed by atoms with van der Waals surface area (Å²) in [5, 5.41) is 5.26. The Kier molecular flexibility index (Phi) is 7.83. The molecular weight excluding hydrogens is 348 g/mol. The lowest BCUT2D eigenvalue weighted by Gasteiger charge is -2.22. The maximum atomic E-state index is 11.9. The predicted molar refractivity (Wildman–Crippen MR) is 93.1 cm³/mol. The molecule has 2 unspecified atom stereocenters. The van der Waals surface area contributed by atoms with E-state index in [4.69, 9.17) is 14.2 Å². The lowest BCUT2D eigenvalue weighted by molar-refractivity contribution is -0.121. The first-order valence-corrected chi connectivity index (χ1v) is 9.30. The Labute approximate surface area is 148 Å². The van der Waals surface area contributed by atoms with E-state index in [0.29, 0.717) is 37.8 Å². The molecular formula is C16H22N2O6S. The summed E-state index contributed by atoms with van der Waals surface area (Å²) >= 11 is 0. The summed E-state index contributed by atoms with van der Waals surface area (Å²) in [6.07, 6.45) is -0.190. The van der Waals surface area contributed by atoms with Crippen LogP contribution in [0.4, 0.5) is 5.69 Å². The Morgan fingerprint density at radius 2 is 1.92 bits per heavy atom. The van der Waals surface area contributed by atoms with Gasteiger partial charge in [0.15, 0.2) is 0 Å². The largest absolute Gasteiger partial charge is 0.497 e. The van der Waals surface area contributed by atoms with Gasteiger partial charge in [-0.15, -0.1) is 0 Å². The molecule has 2 N–H and O–H groups in total. The number of amides is 2. The van der Waals surface area contributed by atoms with Gasteiger partial charge in [0.2, 0.25) is 11.8 Å². The van der Waals surface area contributed by atoms with Crippen LogP contribution in [-0.2, 0) is 29.9 Å². The quantitative estimate of drug-likeness (QED) is 0.663. The van der Waals surface area contributed by atoms with Crippen molar-refractivity contribution in [1.82, 2.24) is 5.32 Å². The highest BCUT2D eigenvalue weighted by molar-refractivity contribution is 7.86. The van der Waals surface area contributed by atoms with Crippen molar-refractivity contribution < 1.29 is 28.0 Å². The molecule has 1 heterocycles. The molecule has 1 saturated heterocycles. The third-order valence-corrected chi connectivity index (χ3v) is 4.54. The topological polar surface area (TPSA) is 103 Å². The van der Waals surface area contributed by atoms with Crippen molar-refractivity contribution in [2.45, 2.75) is 6.10 Å². The maximum Gasteiger partial charge on any atom is 0.237 e. The Balaban J connectivity index is 1.67. The van der Waals surface area contributed by atoms with Crippen molar-refractivity contribution in [2.75, 3.05) is 50.3 Å². The SMILES string of the molecule is COc1ccc(NC(=O)CS(=O)CC(=O)NCC2COCCO2)cc1. The molecule has 138 valence electrons. The Bertz CT molecular complexity index is 601. The second-order valence-corrected chi connectivity index (χ2v) is 6.83. The van der Waals surface area contributed by atoms with E-state index >= 15 is 0 Å². The van der Waals surface area contributed by atoms with Gasteiger partial charge < -0.3 is 24.8 Å². The van der Waals surface area contributed by atoms with E-state index in [1.54, 1.807) is 31.4 Å². The number of hydrogen-bond acceptors (Lipinski definition) is 6. The van der Waals surface area contributed by atoms with Crippen molar-refractivity contribution in [3.8, 4) is 5.75 Å². The third-order valence-electron chi connectivity index (χ3n) is 3.37. The number of rotatable bonds is 8. The summed E-state index contributed by atoms with van der Waals surface area (Å²) in [6, 6.07) is 6.77. The number of carbonyl (C=O) groups excluding carboxylic acids is 2. The lowest BCUT2D eigenvalue weighted by Crippen LogP contribution is -2.41. The zero-order valence-corrected chi connectivity index (χ0v) is 14.8. The van der Waals surface area contributed by atoms with Crippen LogP contribution >= 0.6 is 0 Å². The Morgan fingerprint density at radius 3 is 2.56 bits per heavy atom. The second kappa shape index (κ2) is 10.1. The van der Waals surface area contributed by atoms with Gasteiger partial charge in [-0.3, -0.25) is 13.8 Å². The Morgan fingerprint density at radius 1 is 1.20 bits per heavy atom. The first-order valence-electron chi connectivity index (χ1n) is 7.81. The highest BCUT2D eigenvalue weighted by Gasteiger charge is 2.17. The lowest BCUT2D eigenvalue weighted by atomic mass is 10.3. The maximum absolute atomic E-state index is 11.9. The van der Waals surface area contributed by atoms with Gasteiger partial charge in [-0.05, 0) is 24.3 Å². The number of anilines is 1. The summed E-state index contributed by atoms with van der Waals surface area (Å²) in [7, 11) is -0.0363. The van der Waals surface area contributed by atoms with Crippen LogP contribution in [0.3, 0.4) is 0 Å². The minimum atomic E-state index is -1.59. The summed E-state index contributed by atoms with van der Waals surface area (Å²) in [5.41, 5.74) is 0.571. The van der Waals surface area contributed by atoms with E-state index < -0.39 is 16.7 Å². The molecule has 2 rings (SSSR count). The van der Waals surface area contributed by atoms with Gasteiger partial charge in [0.1, 0.15) is 17.3 Å². The smallest absolute Gasteiger partial charge is 0.237 e. The van der Waals surface area contributed by atoms with Gasteiger partial charge in [-0.1, -0.05) is 0 Å². The molecule has 1 aromatic rings. The number of nitrogens with one attached hydrogen (secondary N) is 2. The molecule has 2 amide bonds. The molecule has 1 aliphatic rings. The van der Waals surface area contributed by atoms with E-state index in [1.165, 1.54) is 0 Å². The molecule has 0 spiro atoms. The average Bonchev–Trinajstić information content (AvgIpc) is 2.61. The molecule has 0 bridgehead atoms. The number of ether oxygens (including phenoxy) is 3. The van der Waals surface area contributed by atoms with Crippen LogP contribution in [0.2, 0.25) is 0 Å². The molecule has 1 aliphatic heterocycles. The predicted octanol–water partition coefficient (Wildman–Crippen LogP) is -0.0860. The zero-order valence-electron chi connectivity index (χ0n) is 14.0. The Hall–Kier alpha value is -1.97. The van der Waals surface area contributed by atoms with Crippen molar-refractivity contribution >= 4 is 28.3 Å². The minimum absolute atomic E-state index is 0.190. The van der Waals surface area contributed by atoms with Crippen LogP contribution in [0.15, 0.2) is 24.3 Å². The minimum Gasteiger partial charge on any atom is -0.497 e. The molecule has 8 nitrogen and oxygen atoms in total. The molecule has 2 atom stereocenters. The molecule has 0 aromatic heterocycles. The second-order valence-electron chi connectivity index (χ2n) is 5.38. The summed E-state index contributed by atoms with van der Waals surface area (Å²) < 4.78 is 27.6. The molecule has 0 aliphatic carbocycles. The van der Waals surface area contributed by atoms with Crippen LogP contribution in [-0.4, -0.2) is 67.1 Å². The highest BCUT2D eigenvalue weighted by Crippen LogP contribution is 2.14. The summed E-state index contributed by atoms with van der Waals surface area (Å²) in [4.78, 5) is 23.6. The molecule has 0 saturated carbocycles.